The number of halogens is 4. The smallest absolute Gasteiger partial charge is 0.0887 e. The van der Waals surface area contributed by atoms with E-state index in [0.717, 1.165) is 8.81 Å². The molecule has 0 N–H and O–H groups in total. The van der Waals surface area contributed by atoms with Crippen molar-refractivity contribution in [3.63, 3.8) is 0 Å². The first kappa shape index (κ1) is 13.6. The predicted molar refractivity (Wildman–Crippen MR) is 84.6 cm³/mol. The van der Waals surface area contributed by atoms with Crippen LogP contribution in [0.25, 0.3) is 0 Å². The van der Waals surface area contributed by atoms with Gasteiger partial charge < -0.3 is 0 Å². The molecule has 86 valence electrons. The largest absolute Gasteiger partial charge is 0.131 e. The minimum Gasteiger partial charge on any atom is -0.131 e. The first-order valence-electron chi connectivity index (χ1n) is 4.33. The van der Waals surface area contributed by atoms with Crippen LogP contribution in [0.15, 0.2) is 19.7 Å². The first-order valence-corrected chi connectivity index (χ1v) is 8.85. The zero-order chi connectivity index (χ0) is 11.9. The van der Waals surface area contributed by atoms with E-state index >= 15 is 0 Å². The average molecular weight is 465 g/mol. The third-order valence-electron chi connectivity index (χ3n) is 2.04. The van der Waals surface area contributed by atoms with E-state index < -0.39 is 0 Å². The second-order valence-corrected chi connectivity index (χ2v) is 9.36. The summed E-state index contributed by atoms with van der Waals surface area (Å²) in [5.41, 5.74) is 1.27. The van der Waals surface area contributed by atoms with Crippen molar-refractivity contribution in [2.24, 2.45) is 0 Å². The van der Waals surface area contributed by atoms with Gasteiger partial charge in [-0.15, -0.1) is 22.7 Å². The van der Waals surface area contributed by atoms with Crippen LogP contribution in [-0.2, 0) is 0 Å². The van der Waals surface area contributed by atoms with Gasteiger partial charge in [-0.3, -0.25) is 0 Å². The van der Waals surface area contributed by atoms with E-state index in [0.29, 0.717) is 0 Å². The number of rotatable bonds is 2. The van der Waals surface area contributed by atoms with Gasteiger partial charge in [0.2, 0.25) is 0 Å². The highest BCUT2D eigenvalue weighted by Crippen LogP contribution is 2.44. The molecular formula is C10H6Br3ClS2. The van der Waals surface area contributed by atoms with E-state index in [9.17, 15) is 0 Å². The highest BCUT2D eigenvalue weighted by Gasteiger charge is 2.17. The molecule has 0 radical (unpaired) electrons. The Hall–Kier alpha value is 1.13. The van der Waals surface area contributed by atoms with E-state index in [1.165, 1.54) is 19.1 Å². The quantitative estimate of drug-likeness (QED) is 0.429. The normalized spacial score (nSPS) is 13.1. The van der Waals surface area contributed by atoms with Crippen molar-refractivity contribution in [2.45, 2.75) is 11.8 Å². The average Bonchev–Trinajstić information content (AvgIpc) is 2.72. The maximum absolute atomic E-state index is 6.03. The van der Waals surface area contributed by atoms with Crippen molar-refractivity contribution >= 4 is 82.1 Å². The Bertz CT molecular complexity index is 433. The molecule has 0 aliphatic heterocycles. The third-order valence-corrected chi connectivity index (χ3v) is 8.37. The number of hydrogen-bond donors (Lipinski definition) is 0. The first-order chi connectivity index (χ1) is 7.49. The maximum Gasteiger partial charge on any atom is 0.0887 e. The van der Waals surface area contributed by atoms with E-state index in [4.69, 9.17) is 11.6 Å². The lowest BCUT2D eigenvalue weighted by atomic mass is 10.2. The molecule has 6 heteroatoms. The van der Waals surface area contributed by atoms with Gasteiger partial charge in [0.25, 0.3) is 0 Å². The number of aryl methyl sites for hydroxylation is 1. The Labute approximate surface area is 132 Å². The molecule has 0 fully saturated rings. The number of hydrogen-bond acceptors (Lipinski definition) is 2. The van der Waals surface area contributed by atoms with Crippen LogP contribution in [0.2, 0.25) is 5.02 Å². The second-order valence-electron chi connectivity index (χ2n) is 3.24. The molecule has 0 aliphatic rings. The summed E-state index contributed by atoms with van der Waals surface area (Å²) in [4.78, 5) is 2.72. The molecule has 0 spiro atoms. The van der Waals surface area contributed by atoms with Gasteiger partial charge >= 0.3 is 0 Å². The summed E-state index contributed by atoms with van der Waals surface area (Å²) >= 11 is 20.1. The van der Waals surface area contributed by atoms with Crippen LogP contribution in [0.5, 0.6) is 0 Å². The SMILES string of the molecule is Cc1cc(C(Br)c2cc(Cl)c(Br)s2)sc1Br. The summed E-state index contributed by atoms with van der Waals surface area (Å²) in [5.74, 6) is 0. The third kappa shape index (κ3) is 2.75. The molecule has 0 amide bonds. The Balaban J connectivity index is 2.34. The Morgan fingerprint density at radius 3 is 2.12 bits per heavy atom. The molecule has 2 aromatic rings. The van der Waals surface area contributed by atoms with Crippen molar-refractivity contribution in [2.75, 3.05) is 0 Å². The standard InChI is InChI=1S/C10H6Br3ClS2/c1-4-2-6(15-9(4)12)8(11)7-3-5(14)10(13)16-7/h2-3,8H,1H3. The highest BCUT2D eigenvalue weighted by molar-refractivity contribution is 9.11. The van der Waals surface area contributed by atoms with E-state index in [1.807, 2.05) is 6.07 Å². The van der Waals surface area contributed by atoms with Crippen LogP contribution >= 0.6 is 82.1 Å². The van der Waals surface area contributed by atoms with Gasteiger partial charge in [0.1, 0.15) is 0 Å². The Kier molecular flexibility index (Phi) is 4.58. The van der Waals surface area contributed by atoms with Crippen LogP contribution < -0.4 is 0 Å². The lowest BCUT2D eigenvalue weighted by Crippen LogP contribution is -1.83. The molecule has 2 aromatic heterocycles. The van der Waals surface area contributed by atoms with Crippen LogP contribution in [-0.4, -0.2) is 0 Å². The number of thiophene rings is 2. The Morgan fingerprint density at radius 1 is 1.12 bits per heavy atom. The van der Waals surface area contributed by atoms with Crippen molar-refractivity contribution < 1.29 is 0 Å². The highest BCUT2D eigenvalue weighted by atomic mass is 79.9. The molecule has 0 aromatic carbocycles. The van der Waals surface area contributed by atoms with Gasteiger partial charge in [-0.25, -0.2) is 0 Å². The summed E-state index contributed by atoms with van der Waals surface area (Å²) < 4.78 is 2.18. The van der Waals surface area contributed by atoms with Crippen LogP contribution in [0.4, 0.5) is 0 Å². The fourth-order valence-electron chi connectivity index (χ4n) is 1.24. The summed E-state index contributed by atoms with van der Waals surface area (Å²) in [7, 11) is 0. The van der Waals surface area contributed by atoms with Gasteiger partial charge in [-0.2, -0.15) is 0 Å². The monoisotopic (exact) mass is 462 g/mol. The minimum atomic E-state index is 0.219. The minimum absolute atomic E-state index is 0.219. The van der Waals surface area contributed by atoms with E-state index in [-0.39, 0.29) is 4.83 Å². The summed E-state index contributed by atoms with van der Waals surface area (Å²) in [6, 6.07) is 4.19. The topological polar surface area (TPSA) is 0 Å². The van der Waals surface area contributed by atoms with E-state index in [2.05, 4.69) is 60.8 Å². The fourth-order valence-corrected chi connectivity index (χ4v) is 5.45. The van der Waals surface area contributed by atoms with E-state index in [1.54, 1.807) is 22.7 Å². The van der Waals surface area contributed by atoms with Gasteiger partial charge in [-0.05, 0) is 56.5 Å². The molecule has 0 saturated carbocycles. The molecule has 1 unspecified atom stereocenters. The van der Waals surface area contributed by atoms with Crippen LogP contribution in [0, 0.1) is 6.92 Å². The molecule has 0 bridgehead atoms. The zero-order valence-electron chi connectivity index (χ0n) is 8.06. The van der Waals surface area contributed by atoms with Gasteiger partial charge in [0.05, 0.1) is 17.4 Å². The molecule has 2 rings (SSSR count). The summed E-state index contributed by atoms with van der Waals surface area (Å²) in [6.45, 7) is 2.10. The fraction of sp³-hybridized carbons (Fsp3) is 0.200. The summed E-state index contributed by atoms with van der Waals surface area (Å²) in [6.07, 6.45) is 0. The van der Waals surface area contributed by atoms with Crippen molar-refractivity contribution in [1.29, 1.82) is 0 Å². The number of alkyl halides is 1. The molecule has 2 heterocycles. The molecule has 1 atom stereocenters. The van der Waals surface area contributed by atoms with Gasteiger partial charge in [0, 0.05) is 9.75 Å². The zero-order valence-corrected chi connectivity index (χ0v) is 15.2. The van der Waals surface area contributed by atoms with Crippen molar-refractivity contribution in [3.05, 3.63) is 40.0 Å². The van der Waals surface area contributed by atoms with Crippen molar-refractivity contribution in [1.82, 2.24) is 0 Å². The Morgan fingerprint density at radius 2 is 1.69 bits per heavy atom. The second kappa shape index (κ2) is 5.41. The molecule has 16 heavy (non-hydrogen) atoms. The van der Waals surface area contributed by atoms with Gasteiger partial charge in [0.15, 0.2) is 0 Å². The molecule has 0 nitrogen and oxygen atoms in total. The van der Waals surface area contributed by atoms with Gasteiger partial charge in [-0.1, -0.05) is 27.5 Å². The van der Waals surface area contributed by atoms with Crippen molar-refractivity contribution in [3.8, 4) is 0 Å². The predicted octanol–water partition coefficient (Wildman–Crippen LogP) is 6.78. The molecular weight excluding hydrogens is 459 g/mol. The maximum atomic E-state index is 6.03. The lowest BCUT2D eigenvalue weighted by molar-refractivity contribution is 1.28. The lowest BCUT2D eigenvalue weighted by Gasteiger charge is -2.03. The van der Waals surface area contributed by atoms with Crippen LogP contribution in [0.1, 0.15) is 20.1 Å². The van der Waals surface area contributed by atoms with Crippen LogP contribution in [0.3, 0.4) is 0 Å². The summed E-state index contributed by atoms with van der Waals surface area (Å²) in [5, 5.41) is 0.775. The molecule has 0 saturated heterocycles. The molecule has 0 aliphatic carbocycles.